The summed E-state index contributed by atoms with van der Waals surface area (Å²) in [5.74, 6) is 0.916. The van der Waals surface area contributed by atoms with Gasteiger partial charge in [-0.2, -0.15) is 8.42 Å². The molecule has 2 aliphatic rings. The third kappa shape index (κ3) is 9.33. The number of benzene rings is 2. The van der Waals surface area contributed by atoms with Gasteiger partial charge in [0, 0.05) is 35.2 Å². The lowest BCUT2D eigenvalue weighted by Crippen LogP contribution is -2.69. The molecule has 0 aliphatic carbocycles. The number of methoxy groups -OCH3 is 1. The van der Waals surface area contributed by atoms with Crippen molar-refractivity contribution in [2.45, 2.75) is 25.8 Å². The summed E-state index contributed by atoms with van der Waals surface area (Å²) in [7, 11) is -5.85. The van der Waals surface area contributed by atoms with Crippen LogP contribution in [0, 0.1) is 0 Å². The molecule has 3 N–H and O–H groups in total. The summed E-state index contributed by atoms with van der Waals surface area (Å²) in [6.07, 6.45) is 9.97. The maximum absolute atomic E-state index is 9.19. The minimum Gasteiger partial charge on any atom is -0.748 e. The van der Waals surface area contributed by atoms with E-state index in [4.69, 9.17) is 22.3 Å². The number of pyridine rings is 1. The van der Waals surface area contributed by atoms with Crippen LogP contribution in [0.5, 0.6) is 5.75 Å². The molecule has 2 aromatic carbocycles. The van der Waals surface area contributed by atoms with Crippen LogP contribution in [0.3, 0.4) is 0 Å². The van der Waals surface area contributed by atoms with E-state index in [1.165, 1.54) is 65.6 Å². The summed E-state index contributed by atoms with van der Waals surface area (Å²) in [5, 5.41) is 4.91. The van der Waals surface area contributed by atoms with Crippen LogP contribution < -0.4 is 14.6 Å². The fraction of sp³-hybridized carbons (Fsp3) is 0.400. The number of quaternary nitrogens is 1. The Hall–Kier alpha value is -2.61. The van der Waals surface area contributed by atoms with E-state index < -0.39 is 20.2 Å². The van der Waals surface area contributed by atoms with Gasteiger partial charge in [-0.05, 0) is 44.1 Å². The van der Waals surface area contributed by atoms with Gasteiger partial charge in [-0.1, -0.05) is 6.42 Å². The van der Waals surface area contributed by atoms with Crippen LogP contribution in [0.25, 0.3) is 21.9 Å². The standard InChI is InChI=1S/C23H25N3O.2CH4O3S/c1-27-18-6-8-21-20(15-18)23-19-9-12-26(14-13-25-10-3-2-4-11-25)16-17(19)5-7-22(23)24-21;2*1-5(2,3)4/h5-9,12,15-16H,2-4,10-11,13-14H2,1H3;2*1H3,(H,2,3,4)/p+1. The highest BCUT2D eigenvalue weighted by molar-refractivity contribution is 7.85. The first-order valence-corrected chi connectivity index (χ1v) is 15.5. The minimum atomic E-state index is -3.92. The second kappa shape index (κ2) is 12.3. The molecule has 1 fully saturated rings. The van der Waals surface area contributed by atoms with Crippen molar-refractivity contribution in [3.63, 3.8) is 0 Å². The molecule has 3 heterocycles. The van der Waals surface area contributed by atoms with Crippen molar-refractivity contribution in [2.75, 3.05) is 39.3 Å². The van der Waals surface area contributed by atoms with E-state index >= 15 is 0 Å². The van der Waals surface area contributed by atoms with Crippen molar-refractivity contribution in [3.8, 4) is 16.9 Å². The van der Waals surface area contributed by atoms with E-state index in [9.17, 15) is 8.42 Å². The first-order valence-electron chi connectivity index (χ1n) is 11.9. The molecule has 0 spiro atoms. The van der Waals surface area contributed by atoms with Crippen LogP contribution in [0.15, 0.2) is 48.8 Å². The first kappa shape index (κ1) is 29.0. The largest absolute Gasteiger partial charge is 0.748 e. The van der Waals surface area contributed by atoms with Crippen molar-refractivity contribution in [1.82, 2.24) is 4.90 Å². The molecule has 0 saturated carbocycles. The van der Waals surface area contributed by atoms with Gasteiger partial charge in [0.05, 0.1) is 41.2 Å². The number of hydrogen-bond donors (Lipinski definition) is 2. The predicted octanol–water partition coefficient (Wildman–Crippen LogP) is 1.79. The normalized spacial score (nSPS) is 15.1. The highest BCUT2D eigenvalue weighted by Crippen LogP contribution is 2.41. The Kier molecular flexibility index (Phi) is 9.62. The Bertz CT molecular complexity index is 1410. The number of piperidine rings is 1. The SMILES string of the molecule is COc1ccc2c(c1)-c1c(ccc3c[n+](CCN4CCCCC4)ccc13)[NH2+]2.CS(=O)(=O)O.CS(=O)(=O)[O-]. The van der Waals surface area contributed by atoms with E-state index in [-0.39, 0.29) is 0 Å². The molecule has 0 amide bonds. The second-order valence-corrected chi connectivity index (χ2v) is 12.0. The Labute approximate surface area is 218 Å². The van der Waals surface area contributed by atoms with Gasteiger partial charge in [0.1, 0.15) is 17.1 Å². The van der Waals surface area contributed by atoms with E-state index in [0.29, 0.717) is 12.5 Å². The Balaban J connectivity index is 0.000000327. The zero-order valence-electron chi connectivity index (χ0n) is 21.3. The summed E-state index contributed by atoms with van der Waals surface area (Å²) in [5.41, 5.74) is 5.20. The van der Waals surface area contributed by atoms with E-state index in [0.717, 1.165) is 18.8 Å². The van der Waals surface area contributed by atoms with Crippen LogP contribution in [0.1, 0.15) is 19.3 Å². The van der Waals surface area contributed by atoms with E-state index in [1.807, 2.05) is 6.07 Å². The summed E-state index contributed by atoms with van der Waals surface area (Å²) in [6, 6.07) is 13.1. The zero-order valence-corrected chi connectivity index (χ0v) is 22.9. The van der Waals surface area contributed by atoms with E-state index in [1.54, 1.807) is 7.11 Å². The van der Waals surface area contributed by atoms with Gasteiger partial charge in [0.2, 0.25) is 0 Å². The molecule has 0 atom stereocenters. The summed E-state index contributed by atoms with van der Waals surface area (Å²) in [4.78, 5) is 2.60. The van der Waals surface area contributed by atoms with Gasteiger partial charge in [-0.3, -0.25) is 14.8 Å². The van der Waals surface area contributed by atoms with Crippen LogP contribution >= 0.6 is 0 Å². The lowest BCUT2D eigenvalue weighted by atomic mass is 9.99. The number of nitrogens with two attached hydrogens (primary N) is 1. The number of likely N-dealkylation sites (tertiary alicyclic amines) is 1. The van der Waals surface area contributed by atoms with Gasteiger partial charge in [0.25, 0.3) is 10.1 Å². The predicted molar refractivity (Wildman–Crippen MR) is 141 cm³/mol. The first-order chi connectivity index (χ1) is 17.3. The molecule has 10 nitrogen and oxygen atoms in total. The van der Waals surface area contributed by atoms with Crippen molar-refractivity contribution < 1.29 is 40.6 Å². The van der Waals surface area contributed by atoms with Crippen molar-refractivity contribution in [2.24, 2.45) is 0 Å². The Morgan fingerprint density at radius 1 is 1.03 bits per heavy atom. The molecule has 5 rings (SSSR count). The van der Waals surface area contributed by atoms with Crippen molar-refractivity contribution in [3.05, 3.63) is 48.8 Å². The molecule has 1 aromatic heterocycles. The molecular weight excluding hydrogens is 518 g/mol. The number of fused-ring (bicyclic) bond motifs is 5. The van der Waals surface area contributed by atoms with Gasteiger partial charge in [-0.25, -0.2) is 13.0 Å². The maximum Gasteiger partial charge on any atom is 0.261 e. The van der Waals surface area contributed by atoms with Crippen LogP contribution in [-0.4, -0.2) is 70.1 Å². The molecule has 0 radical (unpaired) electrons. The lowest BCUT2D eigenvalue weighted by molar-refractivity contribution is -0.695. The fourth-order valence-electron chi connectivity index (χ4n) is 4.51. The molecule has 2 aliphatic heterocycles. The van der Waals surface area contributed by atoms with Crippen molar-refractivity contribution >= 4 is 42.4 Å². The number of ether oxygens (including phenoxy) is 1. The zero-order chi connectivity index (χ0) is 27.2. The third-order valence-corrected chi connectivity index (χ3v) is 6.01. The lowest BCUT2D eigenvalue weighted by Gasteiger charge is -2.24. The number of hydrogen-bond acceptors (Lipinski definition) is 7. The maximum atomic E-state index is 9.19. The van der Waals surface area contributed by atoms with Crippen LogP contribution in [0.2, 0.25) is 0 Å². The van der Waals surface area contributed by atoms with Crippen LogP contribution in [0.4, 0.5) is 11.4 Å². The third-order valence-electron chi connectivity index (χ3n) is 6.01. The van der Waals surface area contributed by atoms with Gasteiger partial charge in [-0.15, -0.1) is 0 Å². The molecule has 0 bridgehead atoms. The molecule has 12 heteroatoms. The molecule has 1 saturated heterocycles. The average molecular weight is 553 g/mol. The second-order valence-electron chi connectivity index (χ2n) is 9.15. The molecule has 3 aromatic rings. The average Bonchev–Trinajstić information content (AvgIpc) is 3.19. The molecule has 37 heavy (non-hydrogen) atoms. The van der Waals surface area contributed by atoms with Crippen molar-refractivity contribution in [1.29, 1.82) is 0 Å². The highest BCUT2D eigenvalue weighted by Gasteiger charge is 2.26. The fourth-order valence-corrected chi connectivity index (χ4v) is 4.51. The Morgan fingerprint density at radius 2 is 1.65 bits per heavy atom. The van der Waals surface area contributed by atoms with Crippen LogP contribution in [-0.2, 0) is 26.8 Å². The molecule has 0 unspecified atom stereocenters. The number of aromatic nitrogens is 1. The summed E-state index contributed by atoms with van der Waals surface area (Å²) >= 11 is 0. The smallest absolute Gasteiger partial charge is 0.261 e. The van der Waals surface area contributed by atoms with E-state index in [2.05, 4.69) is 57.5 Å². The van der Waals surface area contributed by atoms with Gasteiger partial charge < -0.3 is 9.29 Å². The molecule has 202 valence electrons. The topological polar surface area (TPSA) is 145 Å². The number of nitrogens with zero attached hydrogens (tertiary/aromatic N) is 2. The minimum absolute atomic E-state index is 0.604. The Morgan fingerprint density at radius 3 is 2.27 bits per heavy atom. The number of rotatable bonds is 4. The highest BCUT2D eigenvalue weighted by atomic mass is 32.2. The summed E-state index contributed by atoms with van der Waals surface area (Å²) < 4.78 is 60.9. The quantitative estimate of drug-likeness (QED) is 0.222. The van der Waals surface area contributed by atoms with Gasteiger partial charge >= 0.3 is 0 Å². The monoisotopic (exact) mass is 552 g/mol. The summed E-state index contributed by atoms with van der Waals surface area (Å²) in [6.45, 7) is 4.73. The van der Waals surface area contributed by atoms with Gasteiger partial charge in [0.15, 0.2) is 18.9 Å². The molecular formula is C25H34N3O7S2+.